The highest BCUT2D eigenvalue weighted by molar-refractivity contribution is 5.19. The molecule has 0 unspecified atom stereocenters. The van der Waals surface area contributed by atoms with Crippen molar-refractivity contribution in [1.82, 2.24) is 0 Å². The first-order chi connectivity index (χ1) is 6.15. The maximum atomic E-state index is 13.0. The molecule has 0 aliphatic carbocycles. The Balaban J connectivity index is 2.83. The van der Waals surface area contributed by atoms with Crippen molar-refractivity contribution in [2.75, 3.05) is 6.61 Å². The molecule has 0 radical (unpaired) electrons. The molecule has 1 N–H and O–H groups in total. The summed E-state index contributed by atoms with van der Waals surface area (Å²) in [5.41, 5.74) is 0.321. The molecule has 0 bridgehead atoms. The van der Waals surface area contributed by atoms with Crippen molar-refractivity contribution in [2.24, 2.45) is 5.92 Å². The lowest BCUT2D eigenvalue weighted by Crippen LogP contribution is -2.06. The van der Waals surface area contributed by atoms with E-state index >= 15 is 0 Å². The number of halogens is 2. The predicted octanol–water partition coefficient (Wildman–Crippen LogP) is 2.14. The Morgan fingerprint density at radius 1 is 1.38 bits per heavy atom. The number of hydrogen-bond donors (Lipinski definition) is 1. The lowest BCUT2D eigenvalue weighted by molar-refractivity contribution is 0.236. The first-order valence-electron chi connectivity index (χ1n) is 4.19. The summed E-state index contributed by atoms with van der Waals surface area (Å²) >= 11 is 0. The molecule has 13 heavy (non-hydrogen) atoms. The van der Waals surface area contributed by atoms with Gasteiger partial charge in [0.2, 0.25) is 0 Å². The molecule has 1 aromatic rings. The van der Waals surface area contributed by atoms with Gasteiger partial charge in [-0.05, 0) is 24.0 Å². The van der Waals surface area contributed by atoms with Gasteiger partial charge in [-0.1, -0.05) is 19.1 Å². The number of aliphatic hydroxyl groups is 1. The number of hydrogen-bond acceptors (Lipinski definition) is 1. The van der Waals surface area contributed by atoms with Crippen LogP contribution in [0, 0.1) is 17.6 Å². The van der Waals surface area contributed by atoms with Gasteiger partial charge in [0.1, 0.15) is 0 Å². The van der Waals surface area contributed by atoms with Crippen LogP contribution in [0.25, 0.3) is 0 Å². The molecule has 0 saturated heterocycles. The third-order valence-corrected chi connectivity index (χ3v) is 1.91. The van der Waals surface area contributed by atoms with Gasteiger partial charge < -0.3 is 5.11 Å². The second-order valence-electron chi connectivity index (χ2n) is 3.20. The lowest BCUT2D eigenvalue weighted by atomic mass is 10.0. The topological polar surface area (TPSA) is 20.2 Å². The van der Waals surface area contributed by atoms with Crippen molar-refractivity contribution in [1.29, 1.82) is 0 Å². The average Bonchev–Trinajstić information content (AvgIpc) is 2.13. The van der Waals surface area contributed by atoms with E-state index in [2.05, 4.69) is 0 Å². The molecule has 0 spiro atoms. The normalized spacial score (nSPS) is 12.9. The van der Waals surface area contributed by atoms with Crippen LogP contribution in [0.15, 0.2) is 18.2 Å². The van der Waals surface area contributed by atoms with Gasteiger partial charge in [0, 0.05) is 6.61 Å². The third kappa shape index (κ3) is 2.49. The zero-order valence-electron chi connectivity index (χ0n) is 7.43. The minimum atomic E-state index is -0.831. The van der Waals surface area contributed by atoms with E-state index in [1.54, 1.807) is 6.92 Å². The van der Waals surface area contributed by atoms with Crippen LogP contribution < -0.4 is 0 Å². The number of benzene rings is 1. The van der Waals surface area contributed by atoms with Gasteiger partial charge in [-0.25, -0.2) is 8.78 Å². The zero-order chi connectivity index (χ0) is 9.84. The summed E-state index contributed by atoms with van der Waals surface area (Å²) in [5.74, 6) is -1.68. The molecule has 0 saturated carbocycles. The second kappa shape index (κ2) is 4.33. The van der Waals surface area contributed by atoms with Gasteiger partial charge >= 0.3 is 0 Å². The van der Waals surface area contributed by atoms with Crippen LogP contribution in [-0.2, 0) is 6.42 Å². The molecule has 0 fully saturated rings. The van der Waals surface area contributed by atoms with Crippen molar-refractivity contribution >= 4 is 0 Å². The van der Waals surface area contributed by atoms with E-state index in [0.717, 1.165) is 6.07 Å². The molecule has 72 valence electrons. The van der Waals surface area contributed by atoms with Gasteiger partial charge in [0.05, 0.1) is 0 Å². The average molecular weight is 186 g/mol. The Morgan fingerprint density at radius 2 is 2.08 bits per heavy atom. The highest BCUT2D eigenvalue weighted by atomic mass is 19.2. The number of aliphatic hydroxyl groups excluding tert-OH is 1. The second-order valence-corrected chi connectivity index (χ2v) is 3.20. The Kier molecular flexibility index (Phi) is 3.37. The van der Waals surface area contributed by atoms with Gasteiger partial charge in [0.25, 0.3) is 0 Å². The van der Waals surface area contributed by atoms with E-state index < -0.39 is 11.6 Å². The summed E-state index contributed by atoms with van der Waals surface area (Å²) in [5, 5.41) is 8.74. The standard InChI is InChI=1S/C10H12F2O/c1-7(6-13)5-8-3-2-4-9(11)10(8)12/h2-4,7,13H,5-6H2,1H3/t7-/m0/s1. The summed E-state index contributed by atoms with van der Waals surface area (Å²) in [6.07, 6.45) is 0.361. The lowest BCUT2D eigenvalue weighted by Gasteiger charge is -2.08. The number of rotatable bonds is 3. The van der Waals surface area contributed by atoms with Crippen LogP contribution >= 0.6 is 0 Å². The molecule has 0 aliphatic heterocycles. The molecular weight excluding hydrogens is 174 g/mol. The minimum Gasteiger partial charge on any atom is -0.396 e. The highest BCUT2D eigenvalue weighted by Crippen LogP contribution is 2.15. The van der Waals surface area contributed by atoms with E-state index in [1.807, 2.05) is 0 Å². The monoisotopic (exact) mass is 186 g/mol. The molecule has 3 heteroatoms. The molecule has 1 atom stereocenters. The van der Waals surface area contributed by atoms with E-state index in [0.29, 0.717) is 12.0 Å². The quantitative estimate of drug-likeness (QED) is 0.766. The summed E-state index contributed by atoms with van der Waals surface area (Å²) in [4.78, 5) is 0. The maximum Gasteiger partial charge on any atom is 0.162 e. The first-order valence-corrected chi connectivity index (χ1v) is 4.19. The fourth-order valence-electron chi connectivity index (χ4n) is 1.15. The zero-order valence-corrected chi connectivity index (χ0v) is 7.43. The molecule has 1 nitrogen and oxygen atoms in total. The van der Waals surface area contributed by atoms with E-state index in [4.69, 9.17) is 5.11 Å². The van der Waals surface area contributed by atoms with Crippen LogP contribution in [0.1, 0.15) is 12.5 Å². The van der Waals surface area contributed by atoms with Crippen LogP contribution in [0.4, 0.5) is 8.78 Å². The van der Waals surface area contributed by atoms with Crippen molar-refractivity contribution in [3.63, 3.8) is 0 Å². The summed E-state index contributed by atoms with van der Waals surface area (Å²) in [6, 6.07) is 4.09. The highest BCUT2D eigenvalue weighted by Gasteiger charge is 2.10. The largest absolute Gasteiger partial charge is 0.396 e. The first kappa shape index (κ1) is 10.1. The van der Waals surface area contributed by atoms with E-state index in [9.17, 15) is 8.78 Å². The Bertz CT molecular complexity index is 286. The summed E-state index contributed by atoms with van der Waals surface area (Å²) in [7, 11) is 0. The summed E-state index contributed by atoms with van der Waals surface area (Å²) in [6.45, 7) is 1.76. The van der Waals surface area contributed by atoms with Crippen molar-refractivity contribution < 1.29 is 13.9 Å². The minimum absolute atomic E-state index is 0.0179. The van der Waals surface area contributed by atoms with Gasteiger partial charge in [-0.15, -0.1) is 0 Å². The SMILES string of the molecule is C[C@H](CO)Cc1cccc(F)c1F. The van der Waals surface area contributed by atoms with Gasteiger partial charge in [-0.2, -0.15) is 0 Å². The molecule has 0 heterocycles. The Morgan fingerprint density at radius 3 is 2.69 bits per heavy atom. The van der Waals surface area contributed by atoms with Crippen LogP contribution in [-0.4, -0.2) is 11.7 Å². The fourth-order valence-corrected chi connectivity index (χ4v) is 1.15. The summed E-state index contributed by atoms with van der Waals surface area (Å²) < 4.78 is 25.7. The molecule has 1 rings (SSSR count). The third-order valence-electron chi connectivity index (χ3n) is 1.91. The molecule has 0 aromatic heterocycles. The van der Waals surface area contributed by atoms with Crippen molar-refractivity contribution in [3.8, 4) is 0 Å². The Hall–Kier alpha value is -0.960. The van der Waals surface area contributed by atoms with Gasteiger partial charge in [-0.3, -0.25) is 0 Å². The van der Waals surface area contributed by atoms with Crippen LogP contribution in [0.2, 0.25) is 0 Å². The van der Waals surface area contributed by atoms with E-state index in [-0.39, 0.29) is 12.5 Å². The predicted molar refractivity (Wildman–Crippen MR) is 46.3 cm³/mol. The fraction of sp³-hybridized carbons (Fsp3) is 0.400. The maximum absolute atomic E-state index is 13.0. The van der Waals surface area contributed by atoms with Crippen molar-refractivity contribution in [3.05, 3.63) is 35.4 Å². The van der Waals surface area contributed by atoms with Crippen LogP contribution in [0.5, 0.6) is 0 Å². The van der Waals surface area contributed by atoms with Crippen LogP contribution in [0.3, 0.4) is 0 Å². The molecule has 0 amide bonds. The Labute approximate surface area is 76.0 Å². The van der Waals surface area contributed by atoms with E-state index in [1.165, 1.54) is 12.1 Å². The molecule has 1 aromatic carbocycles. The van der Waals surface area contributed by atoms with Crippen molar-refractivity contribution in [2.45, 2.75) is 13.3 Å². The molecular formula is C10H12F2O. The smallest absolute Gasteiger partial charge is 0.162 e. The van der Waals surface area contributed by atoms with Gasteiger partial charge in [0.15, 0.2) is 11.6 Å². The molecule has 0 aliphatic rings.